The fourth-order valence-electron chi connectivity index (χ4n) is 3.07. The Morgan fingerprint density at radius 1 is 1.13 bits per heavy atom. The molecule has 2 aromatic carbocycles. The van der Waals surface area contributed by atoms with Gasteiger partial charge < -0.3 is 15.0 Å². The van der Waals surface area contributed by atoms with E-state index in [4.69, 9.17) is 4.74 Å². The van der Waals surface area contributed by atoms with Crippen LogP contribution in [0.2, 0.25) is 0 Å². The maximum atomic E-state index is 12.5. The number of aromatic nitrogens is 3. The number of benzene rings is 2. The van der Waals surface area contributed by atoms with Crippen molar-refractivity contribution in [3.63, 3.8) is 0 Å². The van der Waals surface area contributed by atoms with Gasteiger partial charge in [0.1, 0.15) is 19.3 Å². The number of ether oxygens (including phenoxy) is 1. The van der Waals surface area contributed by atoms with Crippen LogP contribution in [0.15, 0.2) is 67.3 Å². The number of rotatable bonds is 9. The van der Waals surface area contributed by atoms with Gasteiger partial charge in [0.2, 0.25) is 5.91 Å². The third-order valence-electron chi connectivity index (χ3n) is 5.08. The standard InChI is InChI=1S/C23H27N5O3/c1-18(20-10-12-21(13-11-20)28-17-24-16-26-28)27(2)22(29)9-6-14-25-23(30)31-15-19-7-4-3-5-8-19/h3-5,7-8,10-13,16-18H,6,9,14-15H2,1-2H3,(H,25,30). The van der Waals surface area contributed by atoms with E-state index < -0.39 is 6.09 Å². The average molecular weight is 422 g/mol. The second kappa shape index (κ2) is 10.9. The van der Waals surface area contributed by atoms with E-state index in [1.54, 1.807) is 23.0 Å². The average Bonchev–Trinajstić information content (AvgIpc) is 3.35. The fraction of sp³-hybridized carbons (Fsp3) is 0.304. The van der Waals surface area contributed by atoms with Crippen molar-refractivity contribution in [1.82, 2.24) is 25.0 Å². The molecule has 0 aliphatic carbocycles. The van der Waals surface area contributed by atoms with E-state index in [1.807, 2.05) is 61.5 Å². The van der Waals surface area contributed by atoms with Crippen molar-refractivity contribution in [3.8, 4) is 5.69 Å². The summed E-state index contributed by atoms with van der Waals surface area (Å²) in [4.78, 5) is 30.0. The Morgan fingerprint density at radius 3 is 2.55 bits per heavy atom. The maximum Gasteiger partial charge on any atom is 0.407 e. The van der Waals surface area contributed by atoms with Gasteiger partial charge >= 0.3 is 6.09 Å². The van der Waals surface area contributed by atoms with Crippen molar-refractivity contribution in [2.45, 2.75) is 32.4 Å². The van der Waals surface area contributed by atoms with Crippen LogP contribution in [0.4, 0.5) is 4.79 Å². The maximum absolute atomic E-state index is 12.5. The number of alkyl carbamates (subject to hydrolysis) is 1. The van der Waals surface area contributed by atoms with Crippen LogP contribution in [0.1, 0.15) is 36.9 Å². The molecule has 1 heterocycles. The third-order valence-corrected chi connectivity index (χ3v) is 5.08. The lowest BCUT2D eigenvalue weighted by molar-refractivity contribution is -0.131. The molecule has 162 valence electrons. The topological polar surface area (TPSA) is 89.4 Å². The lowest BCUT2D eigenvalue weighted by atomic mass is 10.1. The molecule has 0 aliphatic heterocycles. The molecule has 1 atom stereocenters. The Kier molecular flexibility index (Phi) is 7.75. The van der Waals surface area contributed by atoms with Gasteiger partial charge in [0.15, 0.2) is 0 Å². The van der Waals surface area contributed by atoms with Crippen LogP contribution in [0.3, 0.4) is 0 Å². The van der Waals surface area contributed by atoms with E-state index in [9.17, 15) is 9.59 Å². The highest BCUT2D eigenvalue weighted by atomic mass is 16.5. The molecule has 1 aromatic heterocycles. The van der Waals surface area contributed by atoms with Crippen LogP contribution in [0, 0.1) is 0 Å². The van der Waals surface area contributed by atoms with Gasteiger partial charge in [-0.05, 0) is 36.6 Å². The number of hydrogen-bond acceptors (Lipinski definition) is 5. The highest BCUT2D eigenvalue weighted by molar-refractivity contribution is 5.76. The lowest BCUT2D eigenvalue weighted by Gasteiger charge is -2.25. The summed E-state index contributed by atoms with van der Waals surface area (Å²) >= 11 is 0. The summed E-state index contributed by atoms with van der Waals surface area (Å²) in [6.45, 7) is 2.59. The summed E-state index contributed by atoms with van der Waals surface area (Å²) < 4.78 is 6.84. The van der Waals surface area contributed by atoms with Crippen molar-refractivity contribution in [1.29, 1.82) is 0 Å². The van der Waals surface area contributed by atoms with Gasteiger partial charge in [-0.1, -0.05) is 42.5 Å². The molecular weight excluding hydrogens is 394 g/mol. The highest BCUT2D eigenvalue weighted by Gasteiger charge is 2.17. The molecule has 0 bridgehead atoms. The molecule has 8 nitrogen and oxygen atoms in total. The molecular formula is C23H27N5O3. The first kappa shape index (κ1) is 22.0. The second-order valence-electron chi connectivity index (χ2n) is 7.20. The van der Waals surface area contributed by atoms with E-state index >= 15 is 0 Å². The smallest absolute Gasteiger partial charge is 0.407 e. The van der Waals surface area contributed by atoms with Crippen molar-refractivity contribution in [3.05, 3.63) is 78.4 Å². The van der Waals surface area contributed by atoms with E-state index in [0.717, 1.165) is 16.8 Å². The Hall–Kier alpha value is -3.68. The van der Waals surface area contributed by atoms with E-state index in [1.165, 1.54) is 6.33 Å². The summed E-state index contributed by atoms with van der Waals surface area (Å²) in [6, 6.07) is 17.3. The number of nitrogens with one attached hydrogen (secondary N) is 1. The fourth-order valence-corrected chi connectivity index (χ4v) is 3.07. The van der Waals surface area contributed by atoms with Gasteiger partial charge in [-0.15, -0.1) is 0 Å². The van der Waals surface area contributed by atoms with Crippen molar-refractivity contribution in [2.75, 3.05) is 13.6 Å². The zero-order valence-electron chi connectivity index (χ0n) is 17.8. The summed E-state index contributed by atoms with van der Waals surface area (Å²) in [7, 11) is 1.79. The SMILES string of the molecule is CC(c1ccc(-n2cncn2)cc1)N(C)C(=O)CCCNC(=O)OCc1ccccc1. The predicted octanol–water partition coefficient (Wildman–Crippen LogP) is 3.49. The molecule has 1 N–H and O–H groups in total. The van der Waals surface area contributed by atoms with E-state index in [-0.39, 0.29) is 18.6 Å². The molecule has 0 fully saturated rings. The van der Waals surface area contributed by atoms with Crippen molar-refractivity contribution < 1.29 is 14.3 Å². The number of carbonyl (C=O) groups is 2. The van der Waals surface area contributed by atoms with Gasteiger partial charge in [0.25, 0.3) is 0 Å². The summed E-state index contributed by atoms with van der Waals surface area (Å²) in [5, 5.41) is 6.79. The molecule has 0 saturated carbocycles. The molecule has 1 unspecified atom stereocenters. The summed E-state index contributed by atoms with van der Waals surface area (Å²) in [5.74, 6) is 0.0207. The van der Waals surface area contributed by atoms with Gasteiger partial charge in [-0.2, -0.15) is 5.10 Å². The van der Waals surface area contributed by atoms with Crippen LogP contribution in [-0.4, -0.2) is 45.3 Å². The summed E-state index contributed by atoms with van der Waals surface area (Å²) in [5.41, 5.74) is 2.87. The van der Waals surface area contributed by atoms with Crippen molar-refractivity contribution in [2.24, 2.45) is 0 Å². The van der Waals surface area contributed by atoms with Crippen LogP contribution in [-0.2, 0) is 16.1 Å². The van der Waals surface area contributed by atoms with Crippen LogP contribution >= 0.6 is 0 Å². The second-order valence-corrected chi connectivity index (χ2v) is 7.20. The molecule has 0 spiro atoms. The number of hydrogen-bond donors (Lipinski definition) is 1. The minimum absolute atomic E-state index is 0.0207. The largest absolute Gasteiger partial charge is 0.445 e. The monoisotopic (exact) mass is 421 g/mol. The minimum atomic E-state index is -0.481. The predicted molar refractivity (Wildman–Crippen MR) is 116 cm³/mol. The Morgan fingerprint density at radius 2 is 1.87 bits per heavy atom. The van der Waals surface area contributed by atoms with Gasteiger partial charge in [0.05, 0.1) is 11.7 Å². The van der Waals surface area contributed by atoms with Crippen LogP contribution in [0.5, 0.6) is 0 Å². The molecule has 3 aromatic rings. The molecule has 31 heavy (non-hydrogen) atoms. The zero-order chi connectivity index (χ0) is 22.1. The number of amides is 2. The molecule has 0 aliphatic rings. The third kappa shape index (κ3) is 6.40. The van der Waals surface area contributed by atoms with Gasteiger partial charge in [-0.3, -0.25) is 4.79 Å². The quantitative estimate of drug-likeness (QED) is 0.534. The first-order valence-electron chi connectivity index (χ1n) is 10.2. The van der Waals surface area contributed by atoms with Crippen LogP contribution < -0.4 is 5.32 Å². The first-order chi connectivity index (χ1) is 15.0. The number of carbonyl (C=O) groups excluding carboxylic acids is 2. The number of nitrogens with zero attached hydrogens (tertiary/aromatic N) is 4. The first-order valence-corrected chi connectivity index (χ1v) is 10.2. The molecule has 0 saturated heterocycles. The minimum Gasteiger partial charge on any atom is -0.445 e. The van der Waals surface area contributed by atoms with E-state index in [0.29, 0.717) is 19.4 Å². The van der Waals surface area contributed by atoms with Crippen molar-refractivity contribution >= 4 is 12.0 Å². The van der Waals surface area contributed by atoms with E-state index in [2.05, 4.69) is 15.4 Å². The molecule has 2 amide bonds. The molecule has 8 heteroatoms. The Bertz CT molecular complexity index is 959. The molecule has 0 radical (unpaired) electrons. The van der Waals surface area contributed by atoms with Gasteiger partial charge in [0, 0.05) is 20.0 Å². The summed E-state index contributed by atoms with van der Waals surface area (Å²) in [6.07, 6.45) is 3.53. The Labute approximate surface area is 181 Å². The lowest BCUT2D eigenvalue weighted by Crippen LogP contribution is -2.31. The zero-order valence-corrected chi connectivity index (χ0v) is 17.8. The van der Waals surface area contributed by atoms with Crippen LogP contribution in [0.25, 0.3) is 5.69 Å². The van der Waals surface area contributed by atoms with Gasteiger partial charge in [-0.25, -0.2) is 14.5 Å². The molecule has 3 rings (SSSR count). The normalized spacial score (nSPS) is 11.5. The Balaban J connectivity index is 1.38. The highest BCUT2D eigenvalue weighted by Crippen LogP contribution is 2.21.